The summed E-state index contributed by atoms with van der Waals surface area (Å²) in [7, 11) is 1.74. The molecule has 0 saturated carbocycles. The van der Waals surface area contributed by atoms with Gasteiger partial charge in [0.15, 0.2) is 0 Å². The van der Waals surface area contributed by atoms with Crippen LogP contribution in [0.4, 0.5) is 5.82 Å². The van der Waals surface area contributed by atoms with Crippen molar-refractivity contribution in [1.82, 2.24) is 4.98 Å². The van der Waals surface area contributed by atoms with Crippen LogP contribution >= 0.6 is 0 Å². The van der Waals surface area contributed by atoms with Crippen molar-refractivity contribution in [3.63, 3.8) is 0 Å². The number of nitrogens with one attached hydrogen (secondary N) is 1. The molecule has 1 unspecified atom stereocenters. The average Bonchev–Trinajstić information content (AvgIpc) is 2.38. The van der Waals surface area contributed by atoms with Gasteiger partial charge in [-0.2, -0.15) is 0 Å². The SMILES string of the molecule is COC1CCCN(c2nc(C)ccc2C(=N)N)C1. The number of nitrogens with two attached hydrogens (primary N) is 1. The number of hydrogen-bond donors (Lipinski definition) is 2. The van der Waals surface area contributed by atoms with Gasteiger partial charge in [-0.3, -0.25) is 5.41 Å². The number of aromatic nitrogens is 1. The summed E-state index contributed by atoms with van der Waals surface area (Å²) in [5.74, 6) is 0.876. The third-order valence-electron chi connectivity index (χ3n) is 3.32. The molecule has 98 valence electrons. The number of aryl methyl sites for hydroxylation is 1. The van der Waals surface area contributed by atoms with Gasteiger partial charge in [0.2, 0.25) is 0 Å². The van der Waals surface area contributed by atoms with E-state index < -0.39 is 0 Å². The number of anilines is 1. The summed E-state index contributed by atoms with van der Waals surface area (Å²) in [6, 6.07) is 3.76. The quantitative estimate of drug-likeness (QED) is 0.624. The lowest BCUT2D eigenvalue weighted by atomic mass is 10.1. The molecule has 0 amide bonds. The molecule has 0 aliphatic carbocycles. The number of nitrogen functional groups attached to an aromatic ring is 1. The van der Waals surface area contributed by atoms with Crippen molar-refractivity contribution in [3.8, 4) is 0 Å². The van der Waals surface area contributed by atoms with E-state index >= 15 is 0 Å². The van der Waals surface area contributed by atoms with Crippen LogP contribution in [-0.2, 0) is 4.74 Å². The molecule has 0 spiro atoms. The molecule has 1 aromatic rings. The number of rotatable bonds is 3. The van der Waals surface area contributed by atoms with E-state index in [9.17, 15) is 0 Å². The van der Waals surface area contributed by atoms with Gasteiger partial charge in [0.25, 0.3) is 0 Å². The van der Waals surface area contributed by atoms with Crippen LogP contribution in [0.25, 0.3) is 0 Å². The molecular weight excluding hydrogens is 228 g/mol. The summed E-state index contributed by atoms with van der Waals surface area (Å²) in [5.41, 5.74) is 7.27. The van der Waals surface area contributed by atoms with Crippen molar-refractivity contribution in [1.29, 1.82) is 5.41 Å². The first kappa shape index (κ1) is 12.8. The Hall–Kier alpha value is -1.62. The molecule has 3 N–H and O–H groups in total. The second kappa shape index (κ2) is 5.35. The van der Waals surface area contributed by atoms with Gasteiger partial charge in [-0.15, -0.1) is 0 Å². The van der Waals surface area contributed by atoms with Crippen molar-refractivity contribution in [3.05, 3.63) is 23.4 Å². The van der Waals surface area contributed by atoms with Crippen LogP contribution in [0.1, 0.15) is 24.1 Å². The zero-order valence-corrected chi connectivity index (χ0v) is 10.9. The number of piperidine rings is 1. The van der Waals surface area contributed by atoms with Crippen LogP contribution < -0.4 is 10.6 Å². The number of amidine groups is 1. The van der Waals surface area contributed by atoms with Crippen LogP contribution in [0.2, 0.25) is 0 Å². The highest BCUT2D eigenvalue weighted by atomic mass is 16.5. The number of hydrogen-bond acceptors (Lipinski definition) is 4. The number of methoxy groups -OCH3 is 1. The maximum absolute atomic E-state index is 7.64. The van der Waals surface area contributed by atoms with E-state index in [1.54, 1.807) is 7.11 Å². The minimum atomic E-state index is 0.0667. The van der Waals surface area contributed by atoms with Crippen molar-refractivity contribution in [2.75, 3.05) is 25.1 Å². The minimum absolute atomic E-state index is 0.0667. The zero-order valence-electron chi connectivity index (χ0n) is 10.9. The Morgan fingerprint density at radius 3 is 3.00 bits per heavy atom. The number of pyridine rings is 1. The summed E-state index contributed by atoms with van der Waals surface area (Å²) in [6.45, 7) is 3.70. The van der Waals surface area contributed by atoms with Gasteiger partial charge in [0.05, 0.1) is 11.7 Å². The maximum atomic E-state index is 7.64. The van der Waals surface area contributed by atoms with Gasteiger partial charge >= 0.3 is 0 Å². The molecule has 5 heteroatoms. The first-order valence-electron chi connectivity index (χ1n) is 6.21. The van der Waals surface area contributed by atoms with Gasteiger partial charge in [0, 0.05) is 25.9 Å². The van der Waals surface area contributed by atoms with Gasteiger partial charge in [-0.1, -0.05) is 0 Å². The largest absolute Gasteiger partial charge is 0.384 e. The van der Waals surface area contributed by atoms with Crippen molar-refractivity contribution >= 4 is 11.7 Å². The highest BCUT2D eigenvalue weighted by molar-refractivity contribution is 5.99. The molecule has 0 bridgehead atoms. The van der Waals surface area contributed by atoms with Crippen LogP contribution in [-0.4, -0.2) is 37.1 Å². The normalized spacial score (nSPS) is 19.9. The topological polar surface area (TPSA) is 75.2 Å². The molecule has 1 fully saturated rings. The Kier molecular flexibility index (Phi) is 3.81. The van der Waals surface area contributed by atoms with Crippen LogP contribution in [0, 0.1) is 12.3 Å². The number of ether oxygens (including phenoxy) is 1. The van der Waals surface area contributed by atoms with Crippen LogP contribution in [0.5, 0.6) is 0 Å². The van der Waals surface area contributed by atoms with Crippen molar-refractivity contribution in [2.45, 2.75) is 25.9 Å². The second-order valence-electron chi connectivity index (χ2n) is 4.68. The minimum Gasteiger partial charge on any atom is -0.384 e. The fourth-order valence-corrected chi connectivity index (χ4v) is 2.32. The van der Waals surface area contributed by atoms with E-state index in [0.717, 1.165) is 37.4 Å². The first-order chi connectivity index (χ1) is 8.61. The van der Waals surface area contributed by atoms with Gasteiger partial charge in [-0.25, -0.2) is 4.98 Å². The molecule has 1 aromatic heterocycles. The summed E-state index contributed by atoms with van der Waals surface area (Å²) in [5, 5.41) is 7.64. The Bertz CT molecular complexity index is 447. The predicted molar refractivity (Wildman–Crippen MR) is 72.2 cm³/mol. The van der Waals surface area contributed by atoms with E-state index in [2.05, 4.69) is 9.88 Å². The lowest BCUT2D eigenvalue weighted by molar-refractivity contribution is 0.0891. The molecule has 1 saturated heterocycles. The van der Waals surface area contributed by atoms with Crippen LogP contribution in [0.15, 0.2) is 12.1 Å². The van der Waals surface area contributed by atoms with Gasteiger partial charge in [-0.05, 0) is 31.9 Å². The van der Waals surface area contributed by atoms with E-state index in [1.165, 1.54) is 0 Å². The van der Waals surface area contributed by atoms with E-state index in [0.29, 0.717) is 5.56 Å². The number of nitrogens with zero attached hydrogens (tertiary/aromatic N) is 2. The molecule has 5 nitrogen and oxygen atoms in total. The highest BCUT2D eigenvalue weighted by Crippen LogP contribution is 2.23. The van der Waals surface area contributed by atoms with E-state index in [-0.39, 0.29) is 11.9 Å². The third kappa shape index (κ3) is 2.61. The zero-order chi connectivity index (χ0) is 13.1. The summed E-state index contributed by atoms with van der Waals surface area (Å²) in [4.78, 5) is 6.70. The smallest absolute Gasteiger partial charge is 0.139 e. The summed E-state index contributed by atoms with van der Waals surface area (Å²) >= 11 is 0. The first-order valence-corrected chi connectivity index (χ1v) is 6.21. The molecule has 0 aromatic carbocycles. The fourth-order valence-electron chi connectivity index (χ4n) is 2.32. The molecule has 18 heavy (non-hydrogen) atoms. The summed E-state index contributed by atoms with van der Waals surface area (Å²) < 4.78 is 5.42. The van der Waals surface area contributed by atoms with Crippen molar-refractivity contribution in [2.24, 2.45) is 5.73 Å². The lowest BCUT2D eigenvalue weighted by Gasteiger charge is -2.33. The molecule has 2 heterocycles. The highest BCUT2D eigenvalue weighted by Gasteiger charge is 2.23. The molecular formula is C13H20N4O. The molecule has 1 aliphatic rings. The molecule has 1 atom stereocenters. The predicted octanol–water partition coefficient (Wildman–Crippen LogP) is 1.29. The Morgan fingerprint density at radius 2 is 2.33 bits per heavy atom. The second-order valence-corrected chi connectivity index (χ2v) is 4.68. The fraction of sp³-hybridized carbons (Fsp3) is 0.538. The molecule has 2 rings (SSSR count). The Balaban J connectivity index is 2.31. The molecule has 0 radical (unpaired) electrons. The summed E-state index contributed by atoms with van der Waals surface area (Å²) in [6.07, 6.45) is 2.39. The van der Waals surface area contributed by atoms with E-state index in [1.807, 2.05) is 19.1 Å². The maximum Gasteiger partial charge on any atom is 0.139 e. The van der Waals surface area contributed by atoms with Gasteiger partial charge in [0.1, 0.15) is 11.7 Å². The van der Waals surface area contributed by atoms with Crippen molar-refractivity contribution < 1.29 is 4.74 Å². The lowest BCUT2D eigenvalue weighted by Crippen LogP contribution is -2.40. The van der Waals surface area contributed by atoms with E-state index in [4.69, 9.17) is 15.9 Å². The Morgan fingerprint density at radius 1 is 1.56 bits per heavy atom. The standard InChI is InChI=1S/C13H20N4O/c1-9-5-6-11(12(14)15)13(16-9)17-7-3-4-10(8-17)18-2/h5-6,10H,3-4,7-8H2,1-2H3,(H3,14,15). The van der Waals surface area contributed by atoms with Crippen LogP contribution in [0.3, 0.4) is 0 Å². The molecule has 1 aliphatic heterocycles. The monoisotopic (exact) mass is 248 g/mol. The van der Waals surface area contributed by atoms with Gasteiger partial charge < -0.3 is 15.4 Å². The average molecular weight is 248 g/mol. The Labute approximate surface area is 107 Å². The third-order valence-corrected chi connectivity index (χ3v) is 3.32.